The Hall–Kier alpha value is -1.02. The monoisotopic (exact) mass is 218 g/mol. The van der Waals surface area contributed by atoms with Gasteiger partial charge in [0.15, 0.2) is 0 Å². The van der Waals surface area contributed by atoms with Crippen LogP contribution >= 0.6 is 0 Å². The minimum atomic E-state index is 0.240. The van der Waals surface area contributed by atoms with E-state index in [4.69, 9.17) is 5.73 Å². The summed E-state index contributed by atoms with van der Waals surface area (Å²) in [4.78, 5) is 2.48. The minimum Gasteiger partial charge on any atom is -0.365 e. The fraction of sp³-hybridized carbons (Fsp3) is 0.571. The molecule has 1 aliphatic rings. The average molecular weight is 218 g/mol. The number of hydrogen-bond acceptors (Lipinski definition) is 2. The fourth-order valence-electron chi connectivity index (χ4n) is 2.69. The maximum Gasteiger partial charge on any atom is 0.0524 e. The smallest absolute Gasteiger partial charge is 0.0524 e. The highest BCUT2D eigenvalue weighted by atomic mass is 15.2. The Kier molecular flexibility index (Phi) is 3.20. The summed E-state index contributed by atoms with van der Waals surface area (Å²) < 4.78 is 0. The fourth-order valence-corrected chi connectivity index (χ4v) is 2.69. The first-order chi connectivity index (χ1) is 7.72. The van der Waals surface area contributed by atoms with Crippen LogP contribution in [0.2, 0.25) is 0 Å². The molecule has 0 heterocycles. The Labute approximate surface area is 98.4 Å². The normalized spacial score (nSPS) is 17.9. The number of aryl methyl sites for hydroxylation is 1. The van der Waals surface area contributed by atoms with Crippen LogP contribution in [-0.2, 0) is 0 Å². The van der Waals surface area contributed by atoms with Gasteiger partial charge in [0, 0.05) is 18.8 Å². The molecular formula is C14H22N2. The maximum absolute atomic E-state index is 5.97. The molecule has 1 aliphatic carbocycles. The second-order valence-corrected chi connectivity index (χ2v) is 4.86. The Balaban J connectivity index is 2.25. The molecule has 0 aromatic heterocycles. The zero-order valence-electron chi connectivity index (χ0n) is 10.4. The van der Waals surface area contributed by atoms with Gasteiger partial charge in [-0.1, -0.05) is 17.7 Å². The van der Waals surface area contributed by atoms with E-state index in [0.717, 1.165) is 13.1 Å². The summed E-state index contributed by atoms with van der Waals surface area (Å²) in [6, 6.07) is 8.80. The number of hydrogen-bond donors (Lipinski definition) is 1. The van der Waals surface area contributed by atoms with Gasteiger partial charge in [-0.2, -0.15) is 0 Å². The Morgan fingerprint density at radius 1 is 1.25 bits per heavy atom. The van der Waals surface area contributed by atoms with Gasteiger partial charge in [-0.05, 0) is 45.2 Å². The van der Waals surface area contributed by atoms with Crippen molar-refractivity contribution in [2.75, 3.05) is 18.0 Å². The van der Waals surface area contributed by atoms with E-state index in [0.29, 0.717) is 0 Å². The molecule has 0 aliphatic heterocycles. The molecule has 0 spiro atoms. The van der Waals surface area contributed by atoms with E-state index in [1.54, 1.807) is 0 Å². The summed E-state index contributed by atoms with van der Waals surface area (Å²) in [7, 11) is 0. The van der Waals surface area contributed by atoms with Gasteiger partial charge in [-0.3, -0.25) is 0 Å². The predicted octanol–water partition coefficient (Wildman–Crippen LogP) is 2.70. The van der Waals surface area contributed by atoms with E-state index in [-0.39, 0.29) is 5.54 Å². The third-order valence-electron chi connectivity index (χ3n) is 3.90. The van der Waals surface area contributed by atoms with Gasteiger partial charge in [0.2, 0.25) is 0 Å². The Morgan fingerprint density at radius 3 is 2.25 bits per heavy atom. The van der Waals surface area contributed by atoms with E-state index < -0.39 is 0 Å². The molecule has 2 heteroatoms. The Morgan fingerprint density at radius 2 is 1.88 bits per heavy atom. The van der Waals surface area contributed by atoms with E-state index >= 15 is 0 Å². The molecule has 1 aromatic carbocycles. The second-order valence-electron chi connectivity index (χ2n) is 4.86. The van der Waals surface area contributed by atoms with Gasteiger partial charge in [0.1, 0.15) is 0 Å². The summed E-state index contributed by atoms with van der Waals surface area (Å²) in [6.07, 6.45) is 3.80. The van der Waals surface area contributed by atoms with Crippen molar-refractivity contribution < 1.29 is 0 Å². The number of nitrogens with two attached hydrogens (primary N) is 1. The van der Waals surface area contributed by atoms with Crippen LogP contribution in [0, 0.1) is 6.92 Å². The van der Waals surface area contributed by atoms with E-state index in [2.05, 4.69) is 43.0 Å². The first-order valence-electron chi connectivity index (χ1n) is 6.26. The number of anilines is 1. The highest BCUT2D eigenvalue weighted by Crippen LogP contribution is 2.39. The number of benzene rings is 1. The molecule has 2 nitrogen and oxygen atoms in total. The summed E-state index contributed by atoms with van der Waals surface area (Å²) in [6.45, 7) is 6.16. The number of nitrogens with zero attached hydrogens (tertiary/aromatic N) is 1. The van der Waals surface area contributed by atoms with Crippen molar-refractivity contribution in [1.82, 2.24) is 0 Å². The van der Waals surface area contributed by atoms with Crippen LogP contribution < -0.4 is 10.6 Å². The number of rotatable bonds is 4. The van der Waals surface area contributed by atoms with Crippen LogP contribution in [0.1, 0.15) is 31.7 Å². The zero-order valence-corrected chi connectivity index (χ0v) is 10.4. The molecule has 16 heavy (non-hydrogen) atoms. The van der Waals surface area contributed by atoms with Crippen molar-refractivity contribution in [3.8, 4) is 0 Å². The minimum absolute atomic E-state index is 0.240. The molecule has 1 fully saturated rings. The van der Waals surface area contributed by atoms with Crippen LogP contribution in [-0.4, -0.2) is 18.6 Å². The third kappa shape index (κ3) is 1.82. The van der Waals surface area contributed by atoms with Gasteiger partial charge in [0.05, 0.1) is 5.54 Å². The summed E-state index contributed by atoms with van der Waals surface area (Å²) in [5.41, 5.74) is 8.84. The SMILES string of the molecule is CCN(c1ccc(C)cc1)C1(CN)CCC1. The van der Waals surface area contributed by atoms with Gasteiger partial charge in [0.25, 0.3) is 0 Å². The molecule has 0 bridgehead atoms. The molecule has 88 valence electrons. The van der Waals surface area contributed by atoms with Crippen LogP contribution in [0.3, 0.4) is 0 Å². The van der Waals surface area contributed by atoms with Gasteiger partial charge < -0.3 is 10.6 Å². The lowest BCUT2D eigenvalue weighted by atomic mass is 9.75. The summed E-state index contributed by atoms with van der Waals surface area (Å²) in [5.74, 6) is 0. The Bertz CT molecular complexity index is 333. The third-order valence-corrected chi connectivity index (χ3v) is 3.90. The van der Waals surface area contributed by atoms with Crippen LogP contribution in [0.25, 0.3) is 0 Å². The molecule has 1 saturated carbocycles. The van der Waals surface area contributed by atoms with Gasteiger partial charge in [-0.15, -0.1) is 0 Å². The molecule has 2 rings (SSSR count). The molecule has 0 unspecified atom stereocenters. The summed E-state index contributed by atoms with van der Waals surface area (Å²) >= 11 is 0. The lowest BCUT2D eigenvalue weighted by Crippen LogP contribution is -2.58. The van der Waals surface area contributed by atoms with Crippen LogP contribution in [0.15, 0.2) is 24.3 Å². The first-order valence-corrected chi connectivity index (χ1v) is 6.26. The number of likely N-dealkylation sites (N-methyl/N-ethyl adjacent to an activating group) is 1. The average Bonchev–Trinajstić information content (AvgIpc) is 2.25. The van der Waals surface area contributed by atoms with Gasteiger partial charge in [-0.25, -0.2) is 0 Å². The van der Waals surface area contributed by atoms with Crippen molar-refractivity contribution in [3.63, 3.8) is 0 Å². The predicted molar refractivity (Wildman–Crippen MR) is 69.8 cm³/mol. The molecule has 2 N–H and O–H groups in total. The highest BCUT2D eigenvalue weighted by Gasteiger charge is 2.40. The molecule has 0 amide bonds. The quantitative estimate of drug-likeness (QED) is 0.842. The molecular weight excluding hydrogens is 196 g/mol. The van der Waals surface area contributed by atoms with Crippen LogP contribution in [0.4, 0.5) is 5.69 Å². The lowest BCUT2D eigenvalue weighted by Gasteiger charge is -2.51. The zero-order chi connectivity index (χ0) is 11.6. The largest absolute Gasteiger partial charge is 0.365 e. The lowest BCUT2D eigenvalue weighted by molar-refractivity contribution is 0.238. The van der Waals surface area contributed by atoms with Crippen molar-refractivity contribution in [3.05, 3.63) is 29.8 Å². The molecule has 0 atom stereocenters. The van der Waals surface area contributed by atoms with Gasteiger partial charge >= 0.3 is 0 Å². The highest BCUT2D eigenvalue weighted by molar-refractivity contribution is 5.51. The van der Waals surface area contributed by atoms with Crippen molar-refractivity contribution in [1.29, 1.82) is 0 Å². The van der Waals surface area contributed by atoms with E-state index in [1.165, 1.54) is 30.5 Å². The van der Waals surface area contributed by atoms with Crippen LogP contribution in [0.5, 0.6) is 0 Å². The van der Waals surface area contributed by atoms with E-state index in [1.807, 2.05) is 0 Å². The van der Waals surface area contributed by atoms with Crippen molar-refractivity contribution in [2.24, 2.45) is 5.73 Å². The van der Waals surface area contributed by atoms with Crippen molar-refractivity contribution in [2.45, 2.75) is 38.6 Å². The second kappa shape index (κ2) is 4.46. The standard InChI is InChI=1S/C14H22N2/c1-3-16(14(11-15)9-4-10-14)13-7-5-12(2)6-8-13/h5-8H,3-4,9-11,15H2,1-2H3. The molecule has 0 saturated heterocycles. The molecule has 0 radical (unpaired) electrons. The topological polar surface area (TPSA) is 29.3 Å². The molecule has 1 aromatic rings. The first kappa shape index (κ1) is 11.5. The summed E-state index contributed by atoms with van der Waals surface area (Å²) in [5, 5.41) is 0. The maximum atomic E-state index is 5.97. The van der Waals surface area contributed by atoms with Crippen molar-refractivity contribution >= 4 is 5.69 Å². The van der Waals surface area contributed by atoms with E-state index in [9.17, 15) is 0 Å².